The third kappa shape index (κ3) is 3.64. The molecule has 2 fully saturated rings. The molecule has 4 nitrogen and oxygen atoms in total. The number of benzene rings is 2. The number of hydrogen-bond acceptors (Lipinski definition) is 2. The summed E-state index contributed by atoms with van der Waals surface area (Å²) in [5.41, 5.74) is 2.97. The molecule has 0 radical (unpaired) electrons. The summed E-state index contributed by atoms with van der Waals surface area (Å²) in [5.74, 6) is 0.597. The van der Waals surface area contributed by atoms with Gasteiger partial charge in [0.05, 0.1) is 0 Å². The van der Waals surface area contributed by atoms with Crippen molar-refractivity contribution in [2.45, 2.75) is 19.3 Å². The maximum atomic E-state index is 12.8. The molecule has 0 bridgehead atoms. The maximum Gasteiger partial charge on any atom is 0.253 e. The fraction of sp³-hybridized carbons (Fsp3) is 0.364. The molecule has 0 spiro atoms. The predicted octanol–water partition coefficient (Wildman–Crippen LogP) is 3.44. The average molecular weight is 348 g/mol. The quantitative estimate of drug-likeness (QED) is 0.852. The number of amides is 2. The van der Waals surface area contributed by atoms with Crippen LogP contribution in [0.5, 0.6) is 0 Å². The number of carbonyl (C=O) groups is 2. The first-order valence-electron chi connectivity index (χ1n) is 9.46. The molecular weight excluding hydrogens is 324 g/mol. The fourth-order valence-electron chi connectivity index (χ4n) is 3.55. The van der Waals surface area contributed by atoms with Crippen molar-refractivity contribution in [3.63, 3.8) is 0 Å². The van der Waals surface area contributed by atoms with Gasteiger partial charge in [0, 0.05) is 37.7 Å². The van der Waals surface area contributed by atoms with E-state index in [4.69, 9.17) is 0 Å². The molecule has 0 atom stereocenters. The van der Waals surface area contributed by atoms with Crippen molar-refractivity contribution < 1.29 is 9.59 Å². The minimum atomic E-state index is 0.0605. The Hall–Kier alpha value is -2.62. The zero-order valence-electron chi connectivity index (χ0n) is 14.9. The maximum absolute atomic E-state index is 12.8. The van der Waals surface area contributed by atoms with Gasteiger partial charge in [-0.15, -0.1) is 0 Å². The Morgan fingerprint density at radius 3 is 2.04 bits per heavy atom. The van der Waals surface area contributed by atoms with Crippen LogP contribution in [0.2, 0.25) is 0 Å². The SMILES string of the molecule is O=C(c1ccc(-c2ccccc2)cc1)N1CCCN(C(=O)C2CC2)CC1. The van der Waals surface area contributed by atoms with E-state index in [1.54, 1.807) is 0 Å². The van der Waals surface area contributed by atoms with Crippen LogP contribution in [0.1, 0.15) is 29.6 Å². The highest BCUT2D eigenvalue weighted by atomic mass is 16.2. The Morgan fingerprint density at radius 1 is 0.731 bits per heavy atom. The zero-order chi connectivity index (χ0) is 17.9. The van der Waals surface area contributed by atoms with Crippen molar-refractivity contribution in [3.8, 4) is 11.1 Å². The van der Waals surface area contributed by atoms with Crippen LogP contribution in [0.25, 0.3) is 11.1 Å². The van der Waals surface area contributed by atoms with Gasteiger partial charge in [-0.1, -0.05) is 42.5 Å². The van der Waals surface area contributed by atoms with Gasteiger partial charge in [0.2, 0.25) is 5.91 Å². The molecule has 4 heteroatoms. The molecule has 4 rings (SSSR count). The van der Waals surface area contributed by atoms with E-state index in [2.05, 4.69) is 12.1 Å². The first-order valence-corrected chi connectivity index (χ1v) is 9.46. The van der Waals surface area contributed by atoms with Crippen molar-refractivity contribution in [2.24, 2.45) is 5.92 Å². The summed E-state index contributed by atoms with van der Waals surface area (Å²) >= 11 is 0. The Kier molecular flexibility index (Phi) is 4.74. The molecule has 26 heavy (non-hydrogen) atoms. The van der Waals surface area contributed by atoms with Crippen molar-refractivity contribution in [1.29, 1.82) is 0 Å². The number of nitrogens with zero attached hydrogens (tertiary/aromatic N) is 2. The summed E-state index contributed by atoms with van der Waals surface area (Å²) < 4.78 is 0. The summed E-state index contributed by atoms with van der Waals surface area (Å²) in [6.45, 7) is 2.76. The Bertz CT molecular complexity index is 782. The predicted molar refractivity (Wildman–Crippen MR) is 102 cm³/mol. The van der Waals surface area contributed by atoms with Gasteiger partial charge < -0.3 is 9.80 Å². The van der Waals surface area contributed by atoms with Crippen LogP contribution < -0.4 is 0 Å². The summed E-state index contributed by atoms with van der Waals surface area (Å²) in [5, 5.41) is 0. The smallest absolute Gasteiger partial charge is 0.253 e. The van der Waals surface area contributed by atoms with Crippen LogP contribution in [-0.2, 0) is 4.79 Å². The molecule has 1 aliphatic carbocycles. The monoisotopic (exact) mass is 348 g/mol. The second kappa shape index (κ2) is 7.32. The molecule has 0 N–H and O–H groups in total. The van der Waals surface area contributed by atoms with E-state index in [9.17, 15) is 9.59 Å². The molecule has 2 aromatic carbocycles. The van der Waals surface area contributed by atoms with Gasteiger partial charge in [-0.05, 0) is 42.5 Å². The highest BCUT2D eigenvalue weighted by Crippen LogP contribution is 2.31. The second-order valence-electron chi connectivity index (χ2n) is 7.19. The van der Waals surface area contributed by atoms with Crippen molar-refractivity contribution >= 4 is 11.8 Å². The molecule has 1 aliphatic heterocycles. The average Bonchev–Trinajstić information content (AvgIpc) is 3.54. The molecule has 0 aromatic heterocycles. The molecular formula is C22H24N2O2. The van der Waals surface area contributed by atoms with E-state index in [-0.39, 0.29) is 17.7 Å². The lowest BCUT2D eigenvalue weighted by molar-refractivity contribution is -0.132. The standard InChI is InChI=1S/C22H24N2O2/c25-21(19-9-7-18(8-10-19)17-5-2-1-3-6-17)23-13-4-14-24(16-15-23)22(26)20-11-12-20/h1-3,5-10,20H,4,11-16H2. The highest BCUT2D eigenvalue weighted by Gasteiger charge is 2.34. The molecule has 134 valence electrons. The van der Waals surface area contributed by atoms with E-state index in [0.29, 0.717) is 25.2 Å². The molecule has 2 amide bonds. The first kappa shape index (κ1) is 16.8. The lowest BCUT2D eigenvalue weighted by atomic mass is 10.0. The summed E-state index contributed by atoms with van der Waals surface area (Å²) in [6, 6.07) is 18.0. The minimum absolute atomic E-state index is 0.0605. The van der Waals surface area contributed by atoms with Gasteiger partial charge in [-0.25, -0.2) is 0 Å². The Balaban J connectivity index is 1.41. The molecule has 1 saturated carbocycles. The van der Waals surface area contributed by atoms with Crippen LogP contribution in [0.15, 0.2) is 54.6 Å². The fourth-order valence-corrected chi connectivity index (χ4v) is 3.55. The largest absolute Gasteiger partial charge is 0.341 e. The Labute approximate surface area is 154 Å². The lowest BCUT2D eigenvalue weighted by Gasteiger charge is -2.22. The van der Waals surface area contributed by atoms with Crippen LogP contribution in [0, 0.1) is 5.92 Å². The van der Waals surface area contributed by atoms with Gasteiger partial charge in [-0.3, -0.25) is 9.59 Å². The highest BCUT2D eigenvalue weighted by molar-refractivity contribution is 5.94. The summed E-state index contributed by atoms with van der Waals surface area (Å²) in [6.07, 6.45) is 2.92. The van der Waals surface area contributed by atoms with Gasteiger partial charge in [0.25, 0.3) is 5.91 Å². The van der Waals surface area contributed by atoms with Crippen LogP contribution in [0.3, 0.4) is 0 Å². The zero-order valence-corrected chi connectivity index (χ0v) is 14.9. The first-order chi connectivity index (χ1) is 12.7. The summed E-state index contributed by atoms with van der Waals surface area (Å²) in [4.78, 5) is 28.9. The van der Waals surface area contributed by atoms with E-state index in [1.807, 2.05) is 52.3 Å². The third-order valence-electron chi connectivity index (χ3n) is 5.26. The minimum Gasteiger partial charge on any atom is -0.341 e. The van der Waals surface area contributed by atoms with Crippen molar-refractivity contribution in [1.82, 2.24) is 9.80 Å². The van der Waals surface area contributed by atoms with Gasteiger partial charge in [0.15, 0.2) is 0 Å². The van der Waals surface area contributed by atoms with Gasteiger partial charge in [-0.2, -0.15) is 0 Å². The molecule has 2 aromatic rings. The number of carbonyl (C=O) groups excluding carboxylic acids is 2. The van der Waals surface area contributed by atoms with Gasteiger partial charge >= 0.3 is 0 Å². The summed E-state index contributed by atoms with van der Waals surface area (Å²) in [7, 11) is 0. The number of rotatable bonds is 3. The lowest BCUT2D eigenvalue weighted by Crippen LogP contribution is -2.37. The van der Waals surface area contributed by atoms with Crippen LogP contribution >= 0.6 is 0 Å². The molecule has 1 heterocycles. The van der Waals surface area contributed by atoms with E-state index >= 15 is 0 Å². The molecule has 1 saturated heterocycles. The van der Waals surface area contributed by atoms with E-state index in [0.717, 1.165) is 36.9 Å². The van der Waals surface area contributed by atoms with Crippen LogP contribution in [0.4, 0.5) is 0 Å². The number of hydrogen-bond donors (Lipinski definition) is 0. The normalized spacial score (nSPS) is 17.7. The van der Waals surface area contributed by atoms with Crippen LogP contribution in [-0.4, -0.2) is 47.8 Å². The Morgan fingerprint density at radius 2 is 1.35 bits per heavy atom. The molecule has 2 aliphatic rings. The van der Waals surface area contributed by atoms with E-state index in [1.165, 1.54) is 0 Å². The molecule has 0 unspecified atom stereocenters. The topological polar surface area (TPSA) is 40.6 Å². The van der Waals surface area contributed by atoms with Crippen molar-refractivity contribution in [2.75, 3.05) is 26.2 Å². The van der Waals surface area contributed by atoms with Gasteiger partial charge in [0.1, 0.15) is 0 Å². The third-order valence-corrected chi connectivity index (χ3v) is 5.26. The van der Waals surface area contributed by atoms with Crippen molar-refractivity contribution in [3.05, 3.63) is 60.2 Å². The van der Waals surface area contributed by atoms with E-state index < -0.39 is 0 Å². The second-order valence-corrected chi connectivity index (χ2v) is 7.19.